The number of anilines is 2. The van der Waals surface area contributed by atoms with E-state index in [1.165, 1.54) is 6.07 Å². The van der Waals surface area contributed by atoms with Gasteiger partial charge >= 0.3 is 0 Å². The van der Waals surface area contributed by atoms with Crippen molar-refractivity contribution in [2.24, 2.45) is 0 Å². The maximum absolute atomic E-state index is 13.3. The van der Waals surface area contributed by atoms with Gasteiger partial charge in [0.2, 0.25) is 17.8 Å². The first kappa shape index (κ1) is 21.7. The van der Waals surface area contributed by atoms with Gasteiger partial charge in [-0.25, -0.2) is 4.39 Å². The van der Waals surface area contributed by atoms with E-state index < -0.39 is 5.82 Å². The molecule has 2 aromatic rings. The Kier molecular flexibility index (Phi) is 7.14. The third kappa shape index (κ3) is 5.80. The highest BCUT2D eigenvalue weighted by Gasteiger charge is 2.21. The molecule has 3 heterocycles. The van der Waals surface area contributed by atoms with E-state index in [2.05, 4.69) is 30.1 Å². The molecule has 2 saturated heterocycles. The Morgan fingerprint density at radius 3 is 2.42 bits per heavy atom. The van der Waals surface area contributed by atoms with Crippen molar-refractivity contribution in [2.75, 3.05) is 49.2 Å². The van der Waals surface area contributed by atoms with Gasteiger partial charge < -0.3 is 19.9 Å². The lowest BCUT2D eigenvalue weighted by atomic mass is 10.1. The van der Waals surface area contributed by atoms with Gasteiger partial charge in [-0.1, -0.05) is 17.7 Å². The number of nitrogens with zero attached hydrogens (tertiary/aromatic N) is 5. The maximum atomic E-state index is 13.3. The number of morpholine rings is 1. The van der Waals surface area contributed by atoms with Crippen LogP contribution in [-0.2, 0) is 22.5 Å². The number of carbonyl (C=O) groups excluding carboxylic acids is 1. The predicted octanol–water partition coefficient (Wildman–Crippen LogP) is 2.35. The summed E-state index contributed by atoms with van der Waals surface area (Å²) >= 11 is 5.80. The highest BCUT2D eigenvalue weighted by Crippen LogP contribution is 2.20. The van der Waals surface area contributed by atoms with Crippen LogP contribution in [0.1, 0.15) is 30.7 Å². The molecule has 0 radical (unpaired) electrons. The van der Waals surface area contributed by atoms with Crippen molar-refractivity contribution in [1.82, 2.24) is 20.3 Å². The number of benzene rings is 1. The van der Waals surface area contributed by atoms with Gasteiger partial charge in [0.1, 0.15) is 5.82 Å². The average molecular weight is 449 g/mol. The summed E-state index contributed by atoms with van der Waals surface area (Å²) in [6.45, 7) is 4.83. The zero-order valence-electron chi connectivity index (χ0n) is 17.3. The Morgan fingerprint density at radius 2 is 1.74 bits per heavy atom. The topological polar surface area (TPSA) is 83.5 Å². The molecule has 2 aliphatic rings. The lowest BCUT2D eigenvalue weighted by Crippen LogP contribution is -2.38. The van der Waals surface area contributed by atoms with Gasteiger partial charge in [0.25, 0.3) is 0 Å². The molecule has 0 unspecified atom stereocenters. The first-order chi connectivity index (χ1) is 15.1. The van der Waals surface area contributed by atoms with Gasteiger partial charge in [-0.3, -0.25) is 4.79 Å². The second kappa shape index (κ2) is 10.2. The molecule has 1 aromatic carbocycles. The Labute approximate surface area is 185 Å². The fraction of sp³-hybridized carbons (Fsp3) is 0.524. The van der Waals surface area contributed by atoms with E-state index >= 15 is 0 Å². The van der Waals surface area contributed by atoms with Crippen LogP contribution in [0.25, 0.3) is 0 Å². The minimum Gasteiger partial charge on any atom is -0.378 e. The molecule has 1 amide bonds. The van der Waals surface area contributed by atoms with Crippen LogP contribution in [-0.4, -0.2) is 60.3 Å². The molecule has 10 heteroatoms. The van der Waals surface area contributed by atoms with Crippen LogP contribution in [0.3, 0.4) is 0 Å². The molecule has 31 heavy (non-hydrogen) atoms. The standard InChI is InChI=1S/C21H26ClFN6O2/c22-16-13-15(3-5-17(16)23)4-6-19(30)24-14-18-25-20(28-7-1-2-8-28)27-21(26-18)29-9-11-31-12-10-29/h3,5,13H,1-2,4,6-12,14H2,(H,24,30). The van der Waals surface area contributed by atoms with Crippen LogP contribution in [0.5, 0.6) is 0 Å². The second-order valence-corrected chi connectivity index (χ2v) is 8.08. The van der Waals surface area contributed by atoms with E-state index in [9.17, 15) is 9.18 Å². The molecule has 0 atom stereocenters. The highest BCUT2D eigenvalue weighted by atomic mass is 35.5. The van der Waals surface area contributed by atoms with E-state index in [1.54, 1.807) is 12.1 Å². The number of carbonyl (C=O) groups is 1. The number of halogens is 2. The maximum Gasteiger partial charge on any atom is 0.230 e. The third-order valence-corrected chi connectivity index (χ3v) is 5.70. The fourth-order valence-corrected chi connectivity index (χ4v) is 3.86. The number of hydrogen-bond acceptors (Lipinski definition) is 7. The summed E-state index contributed by atoms with van der Waals surface area (Å²) in [6.07, 6.45) is 2.99. The van der Waals surface area contributed by atoms with Crippen molar-refractivity contribution in [2.45, 2.75) is 32.2 Å². The van der Waals surface area contributed by atoms with Crippen LogP contribution in [0.15, 0.2) is 18.2 Å². The Hall–Kier alpha value is -2.52. The van der Waals surface area contributed by atoms with Crippen molar-refractivity contribution < 1.29 is 13.9 Å². The van der Waals surface area contributed by atoms with Gasteiger partial charge in [-0.15, -0.1) is 0 Å². The molecular weight excluding hydrogens is 423 g/mol. The molecule has 0 saturated carbocycles. The lowest BCUT2D eigenvalue weighted by Gasteiger charge is -2.28. The molecule has 2 aliphatic heterocycles. The summed E-state index contributed by atoms with van der Waals surface area (Å²) in [6, 6.07) is 4.50. The van der Waals surface area contributed by atoms with Crippen molar-refractivity contribution >= 4 is 29.4 Å². The van der Waals surface area contributed by atoms with Crippen LogP contribution in [0.2, 0.25) is 5.02 Å². The van der Waals surface area contributed by atoms with E-state index in [0.717, 1.165) is 44.6 Å². The molecule has 2 fully saturated rings. The van der Waals surface area contributed by atoms with Crippen LogP contribution < -0.4 is 15.1 Å². The normalized spacial score (nSPS) is 16.6. The fourth-order valence-electron chi connectivity index (χ4n) is 3.66. The van der Waals surface area contributed by atoms with Crippen molar-refractivity contribution in [3.05, 3.63) is 40.4 Å². The quantitative estimate of drug-likeness (QED) is 0.696. The number of ether oxygens (including phenoxy) is 1. The summed E-state index contributed by atoms with van der Waals surface area (Å²) < 4.78 is 18.7. The minimum atomic E-state index is -0.463. The van der Waals surface area contributed by atoms with E-state index in [-0.39, 0.29) is 23.9 Å². The summed E-state index contributed by atoms with van der Waals surface area (Å²) in [5.74, 6) is 1.24. The number of aromatic nitrogens is 3. The molecule has 1 aromatic heterocycles. The first-order valence-electron chi connectivity index (χ1n) is 10.6. The average Bonchev–Trinajstić information content (AvgIpc) is 3.34. The molecule has 166 valence electrons. The van der Waals surface area contributed by atoms with Gasteiger partial charge in [0, 0.05) is 32.6 Å². The van der Waals surface area contributed by atoms with Crippen molar-refractivity contribution in [3.63, 3.8) is 0 Å². The molecule has 0 aliphatic carbocycles. The monoisotopic (exact) mass is 448 g/mol. The first-order valence-corrected chi connectivity index (χ1v) is 11.0. The van der Waals surface area contributed by atoms with Crippen molar-refractivity contribution in [1.29, 1.82) is 0 Å². The SMILES string of the molecule is O=C(CCc1ccc(F)c(Cl)c1)NCc1nc(N2CCCC2)nc(N2CCOCC2)n1. The number of hydrogen-bond donors (Lipinski definition) is 1. The van der Waals surface area contributed by atoms with Gasteiger partial charge in [-0.2, -0.15) is 15.0 Å². The number of amides is 1. The zero-order valence-corrected chi connectivity index (χ0v) is 18.1. The molecule has 1 N–H and O–H groups in total. The molecule has 4 rings (SSSR count). The zero-order chi connectivity index (χ0) is 21.6. The van der Waals surface area contributed by atoms with Crippen LogP contribution in [0.4, 0.5) is 16.3 Å². The second-order valence-electron chi connectivity index (χ2n) is 7.67. The Bertz CT molecular complexity index is 919. The molecule has 0 bridgehead atoms. The Balaban J connectivity index is 1.39. The predicted molar refractivity (Wildman–Crippen MR) is 116 cm³/mol. The van der Waals surface area contributed by atoms with Crippen LogP contribution in [0, 0.1) is 5.82 Å². The number of nitrogens with one attached hydrogen (secondary N) is 1. The minimum absolute atomic E-state index is 0.0631. The van der Waals surface area contributed by atoms with Crippen LogP contribution >= 0.6 is 11.6 Å². The van der Waals surface area contributed by atoms with Gasteiger partial charge in [0.05, 0.1) is 24.8 Å². The van der Waals surface area contributed by atoms with Gasteiger partial charge in [-0.05, 0) is 37.0 Å². The molecule has 8 nitrogen and oxygen atoms in total. The van der Waals surface area contributed by atoms with Gasteiger partial charge in [0.15, 0.2) is 5.82 Å². The number of rotatable bonds is 7. The van der Waals surface area contributed by atoms with Crippen molar-refractivity contribution in [3.8, 4) is 0 Å². The summed E-state index contributed by atoms with van der Waals surface area (Å²) in [7, 11) is 0. The molecular formula is C21H26ClFN6O2. The molecule has 0 spiro atoms. The summed E-state index contributed by atoms with van der Waals surface area (Å²) in [4.78, 5) is 30.5. The summed E-state index contributed by atoms with van der Waals surface area (Å²) in [5.41, 5.74) is 0.813. The summed E-state index contributed by atoms with van der Waals surface area (Å²) in [5, 5.41) is 2.95. The third-order valence-electron chi connectivity index (χ3n) is 5.41. The largest absolute Gasteiger partial charge is 0.378 e. The van der Waals surface area contributed by atoms with E-state index in [1.807, 2.05) is 0 Å². The Morgan fingerprint density at radius 1 is 1.06 bits per heavy atom. The smallest absolute Gasteiger partial charge is 0.230 e. The highest BCUT2D eigenvalue weighted by molar-refractivity contribution is 6.30. The van der Waals surface area contributed by atoms with E-state index in [4.69, 9.17) is 16.3 Å². The van der Waals surface area contributed by atoms with E-state index in [0.29, 0.717) is 37.4 Å². The number of aryl methyl sites for hydroxylation is 1. The lowest BCUT2D eigenvalue weighted by molar-refractivity contribution is -0.121.